The molecule has 2 aliphatic rings. The fourth-order valence-corrected chi connectivity index (χ4v) is 5.38. The summed E-state index contributed by atoms with van der Waals surface area (Å²) in [5, 5.41) is 3.76. The number of benzene rings is 2. The first kappa shape index (κ1) is 22.0. The van der Waals surface area contributed by atoms with E-state index in [1.54, 1.807) is 0 Å². The molecule has 1 aliphatic heterocycles. The number of rotatable bonds is 6. The van der Waals surface area contributed by atoms with Crippen molar-refractivity contribution < 1.29 is 4.79 Å². The Morgan fingerprint density at radius 3 is 2.73 bits per heavy atom. The Labute approximate surface area is 200 Å². The van der Waals surface area contributed by atoms with E-state index in [0.717, 1.165) is 60.3 Å². The minimum Gasteiger partial charge on any atom is -0.358 e. The molecule has 0 saturated carbocycles. The maximum Gasteiger partial charge on any atom is 0.256 e. The maximum absolute atomic E-state index is 13.1. The van der Waals surface area contributed by atoms with Gasteiger partial charge in [-0.15, -0.1) is 0 Å². The molecule has 0 unspecified atom stereocenters. The topological polar surface area (TPSA) is 48.1 Å². The van der Waals surface area contributed by atoms with Gasteiger partial charge in [0.05, 0.1) is 5.57 Å². The minimum absolute atomic E-state index is 0.0497. The van der Waals surface area contributed by atoms with Gasteiger partial charge in [-0.05, 0) is 106 Å². The molecule has 2 heterocycles. The number of nitrogens with zero attached hydrogens (tertiary/aromatic N) is 1. The number of nitrogens with one attached hydrogen (secondary N) is 2. The van der Waals surface area contributed by atoms with Crippen LogP contribution in [0.15, 0.2) is 42.5 Å². The number of anilines is 1. The van der Waals surface area contributed by atoms with Crippen molar-refractivity contribution in [2.45, 2.75) is 38.5 Å². The highest BCUT2D eigenvalue weighted by atomic mass is 35.5. The molecular formula is C28H30ClN3O. The van der Waals surface area contributed by atoms with E-state index in [-0.39, 0.29) is 5.91 Å². The molecule has 0 atom stereocenters. The number of hydrogen-bond acceptors (Lipinski definition) is 2. The molecule has 1 aromatic heterocycles. The molecule has 2 aromatic carbocycles. The van der Waals surface area contributed by atoms with Crippen molar-refractivity contribution in [3.63, 3.8) is 0 Å². The van der Waals surface area contributed by atoms with Crippen LogP contribution >= 0.6 is 11.6 Å². The monoisotopic (exact) mass is 459 g/mol. The molecule has 0 bridgehead atoms. The molecule has 1 amide bonds. The van der Waals surface area contributed by atoms with E-state index in [2.05, 4.69) is 41.4 Å². The summed E-state index contributed by atoms with van der Waals surface area (Å²) in [4.78, 5) is 19.0. The summed E-state index contributed by atoms with van der Waals surface area (Å²) >= 11 is 6.28. The van der Waals surface area contributed by atoms with Gasteiger partial charge < -0.3 is 15.2 Å². The Hall–Kier alpha value is -2.82. The van der Waals surface area contributed by atoms with E-state index in [4.69, 9.17) is 11.6 Å². The molecule has 1 aliphatic carbocycles. The highest BCUT2D eigenvalue weighted by Crippen LogP contribution is 2.41. The predicted octanol–water partition coefficient (Wildman–Crippen LogP) is 6.20. The fraction of sp³-hybridized carbons (Fsp3) is 0.321. The van der Waals surface area contributed by atoms with Crippen LogP contribution < -0.4 is 5.32 Å². The Kier molecular flexibility index (Phi) is 6.13. The molecule has 5 heteroatoms. The molecule has 170 valence electrons. The van der Waals surface area contributed by atoms with E-state index >= 15 is 0 Å². The van der Waals surface area contributed by atoms with Crippen molar-refractivity contribution in [2.75, 3.05) is 26.0 Å². The highest BCUT2D eigenvalue weighted by Gasteiger charge is 2.28. The van der Waals surface area contributed by atoms with E-state index < -0.39 is 0 Å². The minimum atomic E-state index is -0.0497. The second-order valence-electron chi connectivity index (χ2n) is 9.34. The summed E-state index contributed by atoms with van der Waals surface area (Å²) in [5.74, 6) is -0.0497. The average Bonchev–Trinajstić information content (AvgIpc) is 3.30. The number of fused-ring (bicyclic) bond motifs is 2. The van der Waals surface area contributed by atoms with E-state index in [0.29, 0.717) is 10.6 Å². The van der Waals surface area contributed by atoms with Gasteiger partial charge in [-0.25, -0.2) is 0 Å². The molecule has 0 radical (unpaired) electrons. The van der Waals surface area contributed by atoms with Gasteiger partial charge in [-0.1, -0.05) is 35.9 Å². The van der Waals surface area contributed by atoms with Crippen LogP contribution in [-0.2, 0) is 24.1 Å². The molecule has 0 fully saturated rings. The van der Waals surface area contributed by atoms with Gasteiger partial charge in [-0.2, -0.15) is 0 Å². The maximum atomic E-state index is 13.1. The molecule has 4 nitrogen and oxygen atoms in total. The first-order chi connectivity index (χ1) is 16.0. The zero-order valence-corrected chi connectivity index (χ0v) is 20.1. The lowest BCUT2D eigenvalue weighted by Crippen LogP contribution is -2.14. The van der Waals surface area contributed by atoms with Crippen LogP contribution in [0.4, 0.5) is 5.69 Å². The zero-order chi connectivity index (χ0) is 22.9. The van der Waals surface area contributed by atoms with Crippen molar-refractivity contribution in [3.05, 3.63) is 75.6 Å². The lowest BCUT2D eigenvalue weighted by molar-refractivity contribution is -0.110. The number of halogens is 1. The van der Waals surface area contributed by atoms with Crippen LogP contribution in [0.1, 0.15) is 47.3 Å². The van der Waals surface area contributed by atoms with Gasteiger partial charge in [0.1, 0.15) is 0 Å². The number of aromatic amines is 1. The van der Waals surface area contributed by atoms with Crippen LogP contribution in [-0.4, -0.2) is 36.4 Å². The van der Waals surface area contributed by atoms with Gasteiger partial charge in [0.2, 0.25) is 0 Å². The Morgan fingerprint density at radius 2 is 1.91 bits per heavy atom. The number of H-pyrrole nitrogens is 1. The highest BCUT2D eigenvalue weighted by molar-refractivity contribution is 6.36. The number of carbonyl (C=O) groups excluding carboxylic acids is 1. The number of hydrogen-bond donors (Lipinski definition) is 2. The zero-order valence-electron chi connectivity index (χ0n) is 19.3. The smallest absolute Gasteiger partial charge is 0.256 e. The third-order valence-corrected chi connectivity index (χ3v) is 6.96. The Balaban J connectivity index is 1.60. The second-order valence-corrected chi connectivity index (χ2v) is 9.78. The third-order valence-electron chi connectivity index (χ3n) is 6.73. The summed E-state index contributed by atoms with van der Waals surface area (Å²) in [6, 6.07) is 13.8. The number of aromatic nitrogens is 1. The molecule has 2 N–H and O–H groups in total. The normalized spacial score (nSPS) is 16.2. The van der Waals surface area contributed by atoms with Gasteiger partial charge in [0, 0.05) is 27.7 Å². The van der Waals surface area contributed by atoms with Crippen molar-refractivity contribution in [1.82, 2.24) is 9.88 Å². The molecule has 3 aromatic rings. The van der Waals surface area contributed by atoms with Gasteiger partial charge in [0.25, 0.3) is 5.91 Å². The largest absolute Gasteiger partial charge is 0.358 e. The molecular weight excluding hydrogens is 430 g/mol. The third kappa shape index (κ3) is 4.38. The quantitative estimate of drug-likeness (QED) is 0.431. The number of aryl methyl sites for hydroxylation is 1. The van der Waals surface area contributed by atoms with E-state index in [1.807, 2.05) is 36.4 Å². The van der Waals surface area contributed by atoms with Crippen LogP contribution in [0.3, 0.4) is 0 Å². The Morgan fingerprint density at radius 1 is 1.09 bits per heavy atom. The molecule has 0 spiro atoms. The van der Waals surface area contributed by atoms with Crippen molar-refractivity contribution in [1.29, 1.82) is 0 Å². The average molecular weight is 460 g/mol. The number of amides is 1. The van der Waals surface area contributed by atoms with Crippen LogP contribution in [0.25, 0.3) is 22.8 Å². The van der Waals surface area contributed by atoms with Gasteiger partial charge in [-0.3, -0.25) is 4.79 Å². The van der Waals surface area contributed by atoms with Crippen molar-refractivity contribution in [3.8, 4) is 11.1 Å². The van der Waals surface area contributed by atoms with Crippen LogP contribution in [0, 0.1) is 0 Å². The standard InChI is InChI=1S/C28H30ClN3O/c1-32(2)15-7-12-22-21-10-3-4-13-24(21)30-26(22)17-23-27-20(18-8-5-9-19(29)16-18)11-6-14-25(27)31-28(23)33/h5-6,8-9,11,14,16-17,30H,3-4,7,10,12-13,15H2,1-2H3,(H,31,33)/b23-17-. The van der Waals surface area contributed by atoms with Gasteiger partial charge >= 0.3 is 0 Å². The number of carbonyl (C=O) groups is 1. The summed E-state index contributed by atoms with van der Waals surface area (Å²) in [7, 11) is 4.24. The molecule has 0 saturated heterocycles. The van der Waals surface area contributed by atoms with Crippen LogP contribution in [0.2, 0.25) is 5.02 Å². The SMILES string of the molecule is CN(C)CCCc1c(/C=C2\C(=O)Nc3cccc(-c4cccc(Cl)c4)c32)[nH]c2c1CCCC2. The second kappa shape index (κ2) is 9.20. The Bertz CT molecular complexity index is 1240. The van der Waals surface area contributed by atoms with Crippen molar-refractivity contribution >= 4 is 34.8 Å². The van der Waals surface area contributed by atoms with Crippen LogP contribution in [0.5, 0.6) is 0 Å². The molecule has 33 heavy (non-hydrogen) atoms. The first-order valence-corrected chi connectivity index (χ1v) is 12.2. The fourth-order valence-electron chi connectivity index (χ4n) is 5.19. The van der Waals surface area contributed by atoms with E-state index in [9.17, 15) is 4.79 Å². The summed E-state index contributed by atoms with van der Waals surface area (Å²) < 4.78 is 0. The first-order valence-electron chi connectivity index (χ1n) is 11.8. The molecule has 5 rings (SSSR count). The van der Waals surface area contributed by atoms with E-state index in [1.165, 1.54) is 29.7 Å². The lowest BCUT2D eigenvalue weighted by atomic mass is 9.91. The summed E-state index contributed by atoms with van der Waals surface area (Å²) in [6.07, 6.45) is 8.89. The predicted molar refractivity (Wildman–Crippen MR) is 138 cm³/mol. The van der Waals surface area contributed by atoms with Gasteiger partial charge in [0.15, 0.2) is 0 Å². The summed E-state index contributed by atoms with van der Waals surface area (Å²) in [6.45, 7) is 1.05. The lowest BCUT2D eigenvalue weighted by Gasteiger charge is -2.14. The van der Waals surface area contributed by atoms with Crippen molar-refractivity contribution in [2.24, 2.45) is 0 Å². The summed E-state index contributed by atoms with van der Waals surface area (Å²) in [5.41, 5.74) is 9.88.